The fourth-order valence-corrected chi connectivity index (χ4v) is 2.79. The number of anilines is 1. The minimum Gasteiger partial charge on any atom is -0.462 e. The molecule has 1 aliphatic heterocycles. The third-order valence-electron chi connectivity index (χ3n) is 4.12. The van der Waals surface area contributed by atoms with Gasteiger partial charge in [-0.15, -0.1) is 0 Å². The molecule has 0 unspecified atom stereocenters. The van der Waals surface area contributed by atoms with Crippen molar-refractivity contribution in [1.82, 2.24) is 20.0 Å². The number of amides is 1. The zero-order valence-electron chi connectivity index (χ0n) is 14.3. The number of likely N-dealkylation sites (tertiary alicyclic amines) is 1. The highest BCUT2D eigenvalue weighted by Crippen LogP contribution is 2.12. The molecule has 1 fully saturated rings. The van der Waals surface area contributed by atoms with Crippen LogP contribution >= 0.6 is 0 Å². The van der Waals surface area contributed by atoms with Crippen molar-refractivity contribution < 1.29 is 14.3 Å². The van der Waals surface area contributed by atoms with Crippen molar-refractivity contribution >= 4 is 17.7 Å². The SMILES string of the molecule is CCOC(=O)c1cnn(CC(=O)NCCN2CCCCCC2)c1N. The molecule has 8 heteroatoms. The van der Waals surface area contributed by atoms with Crippen LogP contribution in [-0.2, 0) is 16.1 Å². The number of hydrogen-bond donors (Lipinski definition) is 2. The second kappa shape index (κ2) is 9.27. The van der Waals surface area contributed by atoms with Crippen molar-refractivity contribution in [3.05, 3.63) is 11.8 Å². The first-order valence-electron chi connectivity index (χ1n) is 8.59. The van der Waals surface area contributed by atoms with E-state index in [9.17, 15) is 9.59 Å². The van der Waals surface area contributed by atoms with Crippen molar-refractivity contribution in [2.45, 2.75) is 39.2 Å². The van der Waals surface area contributed by atoms with Gasteiger partial charge in [0.15, 0.2) is 0 Å². The molecule has 24 heavy (non-hydrogen) atoms. The molecular formula is C16H27N5O3. The van der Waals surface area contributed by atoms with Crippen LogP contribution in [0.15, 0.2) is 6.20 Å². The largest absolute Gasteiger partial charge is 0.462 e. The predicted octanol–water partition coefficient (Wildman–Crippen LogP) is 0.634. The Hall–Kier alpha value is -2.09. The minimum atomic E-state index is -0.525. The molecule has 1 aromatic heterocycles. The van der Waals surface area contributed by atoms with E-state index < -0.39 is 5.97 Å². The number of ether oxygens (including phenoxy) is 1. The first kappa shape index (κ1) is 18.3. The van der Waals surface area contributed by atoms with Crippen LogP contribution in [0.2, 0.25) is 0 Å². The van der Waals surface area contributed by atoms with E-state index in [2.05, 4.69) is 15.3 Å². The lowest BCUT2D eigenvalue weighted by molar-refractivity contribution is -0.121. The molecule has 1 amide bonds. The third kappa shape index (κ3) is 5.23. The lowest BCUT2D eigenvalue weighted by Crippen LogP contribution is -2.37. The van der Waals surface area contributed by atoms with Gasteiger partial charge in [-0.3, -0.25) is 4.79 Å². The summed E-state index contributed by atoms with van der Waals surface area (Å²) in [6, 6.07) is 0. The van der Waals surface area contributed by atoms with Gasteiger partial charge in [0.2, 0.25) is 5.91 Å². The number of rotatable bonds is 7. The number of carbonyl (C=O) groups is 2. The van der Waals surface area contributed by atoms with Gasteiger partial charge in [-0.05, 0) is 32.9 Å². The maximum absolute atomic E-state index is 12.0. The average molecular weight is 337 g/mol. The summed E-state index contributed by atoms with van der Waals surface area (Å²) in [6.45, 7) is 5.64. The van der Waals surface area contributed by atoms with E-state index in [4.69, 9.17) is 10.5 Å². The third-order valence-corrected chi connectivity index (χ3v) is 4.12. The number of nitrogens with zero attached hydrogens (tertiary/aromatic N) is 3. The van der Waals surface area contributed by atoms with Crippen molar-refractivity contribution in [1.29, 1.82) is 0 Å². The molecule has 8 nitrogen and oxygen atoms in total. The molecule has 0 bridgehead atoms. The fraction of sp³-hybridized carbons (Fsp3) is 0.688. The Morgan fingerprint density at radius 1 is 1.29 bits per heavy atom. The zero-order valence-corrected chi connectivity index (χ0v) is 14.3. The summed E-state index contributed by atoms with van der Waals surface area (Å²) in [7, 11) is 0. The molecule has 0 spiro atoms. The molecule has 2 heterocycles. The quantitative estimate of drug-likeness (QED) is 0.708. The van der Waals surface area contributed by atoms with Crippen molar-refractivity contribution in [2.24, 2.45) is 0 Å². The van der Waals surface area contributed by atoms with Crippen LogP contribution in [0.1, 0.15) is 43.0 Å². The Morgan fingerprint density at radius 3 is 2.67 bits per heavy atom. The average Bonchev–Trinajstić information content (AvgIpc) is 2.76. The summed E-state index contributed by atoms with van der Waals surface area (Å²) < 4.78 is 6.20. The van der Waals surface area contributed by atoms with Crippen molar-refractivity contribution in [3.8, 4) is 0 Å². The van der Waals surface area contributed by atoms with E-state index in [0.29, 0.717) is 6.54 Å². The number of nitrogens with one attached hydrogen (secondary N) is 1. The molecule has 134 valence electrons. The number of nitrogen functional groups attached to an aromatic ring is 1. The molecule has 0 atom stereocenters. The van der Waals surface area contributed by atoms with Crippen LogP contribution in [0.3, 0.4) is 0 Å². The van der Waals surface area contributed by atoms with Gasteiger partial charge in [0.1, 0.15) is 17.9 Å². The Bertz CT molecular complexity index is 550. The summed E-state index contributed by atoms with van der Waals surface area (Å²) in [5, 5.41) is 6.87. The van der Waals surface area contributed by atoms with E-state index in [1.807, 2.05) is 0 Å². The van der Waals surface area contributed by atoms with E-state index in [1.54, 1.807) is 6.92 Å². The molecule has 0 aromatic carbocycles. The van der Waals surface area contributed by atoms with Crippen LogP contribution in [0.4, 0.5) is 5.82 Å². The molecule has 0 saturated carbocycles. The number of esters is 1. The summed E-state index contributed by atoms with van der Waals surface area (Å²) in [5.74, 6) is -0.547. The van der Waals surface area contributed by atoms with E-state index in [-0.39, 0.29) is 30.4 Å². The van der Waals surface area contributed by atoms with Crippen molar-refractivity contribution in [2.75, 3.05) is 38.5 Å². The molecule has 1 aromatic rings. The first-order chi connectivity index (χ1) is 11.6. The van der Waals surface area contributed by atoms with Gasteiger partial charge in [-0.25, -0.2) is 9.48 Å². The Labute approximate surface area is 142 Å². The zero-order chi connectivity index (χ0) is 17.4. The summed E-state index contributed by atoms with van der Waals surface area (Å²) >= 11 is 0. The van der Waals surface area contributed by atoms with Crippen LogP contribution in [0.5, 0.6) is 0 Å². The normalized spacial score (nSPS) is 15.7. The number of carbonyl (C=O) groups excluding carboxylic acids is 2. The molecular weight excluding hydrogens is 310 g/mol. The fourth-order valence-electron chi connectivity index (χ4n) is 2.79. The van der Waals surface area contributed by atoms with Crippen molar-refractivity contribution in [3.63, 3.8) is 0 Å². The van der Waals surface area contributed by atoms with E-state index >= 15 is 0 Å². The van der Waals surface area contributed by atoms with E-state index in [1.165, 1.54) is 36.6 Å². The predicted molar refractivity (Wildman–Crippen MR) is 90.5 cm³/mol. The highest BCUT2D eigenvalue weighted by molar-refractivity contribution is 5.94. The van der Waals surface area contributed by atoms with Gasteiger partial charge >= 0.3 is 5.97 Å². The second-order valence-corrected chi connectivity index (χ2v) is 5.93. The first-order valence-corrected chi connectivity index (χ1v) is 8.59. The maximum atomic E-state index is 12.0. The van der Waals surface area contributed by atoms with Crippen LogP contribution in [0, 0.1) is 0 Å². The maximum Gasteiger partial charge on any atom is 0.343 e. The summed E-state index contributed by atoms with van der Waals surface area (Å²) in [4.78, 5) is 26.1. The molecule has 0 aliphatic carbocycles. The molecule has 2 rings (SSSR count). The minimum absolute atomic E-state index is 0.00869. The Morgan fingerprint density at radius 2 is 2.00 bits per heavy atom. The molecule has 3 N–H and O–H groups in total. The summed E-state index contributed by atoms with van der Waals surface area (Å²) in [6.07, 6.45) is 6.38. The van der Waals surface area contributed by atoms with Gasteiger partial charge in [0.25, 0.3) is 0 Å². The highest BCUT2D eigenvalue weighted by Gasteiger charge is 2.17. The number of hydrogen-bond acceptors (Lipinski definition) is 6. The highest BCUT2D eigenvalue weighted by atomic mass is 16.5. The van der Waals surface area contributed by atoms with Crippen LogP contribution in [-0.4, -0.2) is 59.3 Å². The lowest BCUT2D eigenvalue weighted by atomic mass is 10.2. The van der Waals surface area contributed by atoms with E-state index in [0.717, 1.165) is 19.6 Å². The topological polar surface area (TPSA) is 102 Å². The molecule has 1 saturated heterocycles. The monoisotopic (exact) mass is 337 g/mol. The van der Waals surface area contributed by atoms with Gasteiger partial charge in [-0.2, -0.15) is 5.10 Å². The molecule has 1 aliphatic rings. The number of aromatic nitrogens is 2. The Balaban J connectivity index is 1.77. The second-order valence-electron chi connectivity index (χ2n) is 5.93. The van der Waals surface area contributed by atoms with Crippen LogP contribution in [0.25, 0.3) is 0 Å². The van der Waals surface area contributed by atoms with Gasteiger partial charge in [0, 0.05) is 13.1 Å². The van der Waals surface area contributed by atoms with Gasteiger partial charge < -0.3 is 20.7 Å². The summed E-state index contributed by atoms with van der Waals surface area (Å²) in [5.41, 5.74) is 6.05. The van der Waals surface area contributed by atoms with Gasteiger partial charge in [0.05, 0.1) is 12.8 Å². The Kier molecular flexibility index (Phi) is 7.05. The molecule has 0 radical (unpaired) electrons. The standard InChI is InChI=1S/C16H27N5O3/c1-2-24-16(23)13-11-19-21(15(13)17)12-14(22)18-7-10-20-8-5-3-4-6-9-20/h11H,2-10,12,17H2,1H3,(H,18,22). The lowest BCUT2D eigenvalue weighted by Gasteiger charge is -2.19. The number of nitrogens with two attached hydrogens (primary N) is 1. The van der Waals surface area contributed by atoms with Crippen LogP contribution < -0.4 is 11.1 Å². The van der Waals surface area contributed by atoms with Gasteiger partial charge in [-0.1, -0.05) is 12.8 Å². The smallest absolute Gasteiger partial charge is 0.343 e.